The molecule has 0 aromatic heterocycles. The van der Waals surface area contributed by atoms with Gasteiger partial charge in [-0.15, -0.1) is 0 Å². The molecule has 2 aromatic carbocycles. The molecule has 4 rings (SSSR count). The highest BCUT2D eigenvalue weighted by Gasteiger charge is 2.33. The van der Waals surface area contributed by atoms with Gasteiger partial charge >= 0.3 is 6.03 Å². The number of hydrogen-bond donors (Lipinski definition) is 1. The van der Waals surface area contributed by atoms with Crippen molar-refractivity contribution in [1.82, 2.24) is 10.2 Å². The summed E-state index contributed by atoms with van der Waals surface area (Å²) in [6.07, 6.45) is 0.351. The van der Waals surface area contributed by atoms with Crippen LogP contribution in [0.4, 0.5) is 16.2 Å². The highest BCUT2D eigenvalue weighted by Crippen LogP contribution is 2.22. The van der Waals surface area contributed by atoms with E-state index < -0.39 is 0 Å². The SMILES string of the molecule is Cc1ccc(N2CC(NC(=O)N3CCN(c4ccccc4)CC3)CC2=O)cc1. The quantitative estimate of drug-likeness (QED) is 0.893. The maximum Gasteiger partial charge on any atom is 0.317 e. The van der Waals surface area contributed by atoms with E-state index in [4.69, 9.17) is 0 Å². The molecular formula is C22H26N4O2. The van der Waals surface area contributed by atoms with Crippen molar-refractivity contribution < 1.29 is 9.59 Å². The lowest BCUT2D eigenvalue weighted by molar-refractivity contribution is -0.117. The molecule has 2 aliphatic rings. The lowest BCUT2D eigenvalue weighted by Gasteiger charge is -2.36. The van der Waals surface area contributed by atoms with Gasteiger partial charge in [-0.05, 0) is 31.2 Å². The third-order valence-corrected chi connectivity index (χ3v) is 5.49. The second kappa shape index (κ2) is 7.92. The van der Waals surface area contributed by atoms with E-state index in [1.807, 2.05) is 54.3 Å². The predicted octanol–water partition coefficient (Wildman–Crippen LogP) is 2.63. The van der Waals surface area contributed by atoms with Crippen molar-refractivity contribution >= 4 is 23.3 Å². The number of urea groups is 1. The zero-order valence-corrected chi connectivity index (χ0v) is 16.2. The molecular weight excluding hydrogens is 352 g/mol. The van der Waals surface area contributed by atoms with E-state index in [1.54, 1.807) is 4.90 Å². The Bertz CT molecular complexity index is 829. The highest BCUT2D eigenvalue weighted by atomic mass is 16.2. The van der Waals surface area contributed by atoms with Gasteiger partial charge in [-0.3, -0.25) is 4.79 Å². The number of carbonyl (C=O) groups is 2. The minimum absolute atomic E-state index is 0.0584. The summed E-state index contributed by atoms with van der Waals surface area (Å²) in [6, 6.07) is 18.0. The lowest BCUT2D eigenvalue weighted by Crippen LogP contribution is -2.53. The van der Waals surface area contributed by atoms with Crippen LogP contribution in [0.5, 0.6) is 0 Å². The Labute approximate surface area is 165 Å². The van der Waals surface area contributed by atoms with Crippen molar-refractivity contribution in [3.05, 3.63) is 60.2 Å². The average Bonchev–Trinajstić information content (AvgIpc) is 3.09. The number of carbonyl (C=O) groups excluding carboxylic acids is 2. The summed E-state index contributed by atoms with van der Waals surface area (Å²) in [7, 11) is 0. The maximum absolute atomic E-state index is 12.7. The molecule has 6 heteroatoms. The molecule has 2 aliphatic heterocycles. The predicted molar refractivity (Wildman–Crippen MR) is 111 cm³/mol. The Balaban J connectivity index is 1.30. The van der Waals surface area contributed by atoms with Crippen LogP contribution in [0, 0.1) is 6.92 Å². The van der Waals surface area contributed by atoms with E-state index in [2.05, 4.69) is 22.3 Å². The van der Waals surface area contributed by atoms with Gasteiger partial charge in [0.05, 0.1) is 6.04 Å². The normalized spacial score (nSPS) is 19.8. The Kier molecular flexibility index (Phi) is 5.19. The lowest BCUT2D eigenvalue weighted by atomic mass is 10.2. The first-order chi connectivity index (χ1) is 13.6. The summed E-state index contributed by atoms with van der Waals surface area (Å²) < 4.78 is 0. The van der Waals surface area contributed by atoms with Gasteiger partial charge in [-0.1, -0.05) is 35.9 Å². The minimum Gasteiger partial charge on any atom is -0.368 e. The van der Waals surface area contributed by atoms with Gasteiger partial charge < -0.3 is 20.0 Å². The Morgan fingerprint density at radius 2 is 1.61 bits per heavy atom. The van der Waals surface area contributed by atoms with Crippen LogP contribution in [0.3, 0.4) is 0 Å². The summed E-state index contributed by atoms with van der Waals surface area (Å²) in [5.41, 5.74) is 3.25. The van der Waals surface area contributed by atoms with Crippen LogP contribution in [0.1, 0.15) is 12.0 Å². The number of hydrogen-bond acceptors (Lipinski definition) is 3. The van der Waals surface area contributed by atoms with Crippen LogP contribution in [0.25, 0.3) is 0 Å². The first-order valence-corrected chi connectivity index (χ1v) is 9.82. The zero-order chi connectivity index (χ0) is 19.5. The maximum atomic E-state index is 12.7. The average molecular weight is 378 g/mol. The van der Waals surface area contributed by atoms with Gasteiger partial charge in [0.2, 0.25) is 5.91 Å². The number of nitrogens with one attached hydrogen (secondary N) is 1. The Morgan fingerprint density at radius 1 is 0.929 bits per heavy atom. The van der Waals surface area contributed by atoms with E-state index in [0.717, 1.165) is 24.3 Å². The number of aryl methyl sites for hydroxylation is 1. The fraction of sp³-hybridized carbons (Fsp3) is 0.364. The second-order valence-corrected chi connectivity index (χ2v) is 7.50. The van der Waals surface area contributed by atoms with Crippen molar-refractivity contribution in [1.29, 1.82) is 0 Å². The molecule has 3 amide bonds. The van der Waals surface area contributed by atoms with Crippen molar-refractivity contribution in [2.45, 2.75) is 19.4 Å². The number of amides is 3. The van der Waals surface area contributed by atoms with Gasteiger partial charge in [-0.2, -0.15) is 0 Å². The van der Waals surface area contributed by atoms with Crippen molar-refractivity contribution in [2.24, 2.45) is 0 Å². The van der Waals surface area contributed by atoms with Gasteiger partial charge in [0.1, 0.15) is 0 Å². The molecule has 0 aliphatic carbocycles. The van der Waals surface area contributed by atoms with Crippen molar-refractivity contribution in [2.75, 3.05) is 42.5 Å². The van der Waals surface area contributed by atoms with Gasteiger partial charge in [0.15, 0.2) is 0 Å². The fourth-order valence-corrected chi connectivity index (χ4v) is 3.85. The molecule has 1 atom stereocenters. The van der Waals surface area contributed by atoms with E-state index in [9.17, 15) is 9.59 Å². The van der Waals surface area contributed by atoms with Crippen LogP contribution in [-0.4, -0.2) is 55.6 Å². The molecule has 0 bridgehead atoms. The molecule has 0 saturated carbocycles. The summed E-state index contributed by atoms with van der Waals surface area (Å²) in [6.45, 7) is 5.55. The van der Waals surface area contributed by atoms with Gasteiger partial charge in [0, 0.05) is 50.5 Å². The van der Waals surface area contributed by atoms with Crippen LogP contribution >= 0.6 is 0 Å². The third kappa shape index (κ3) is 3.96. The number of piperazine rings is 1. The van der Waals surface area contributed by atoms with E-state index in [-0.39, 0.29) is 18.0 Å². The third-order valence-electron chi connectivity index (χ3n) is 5.49. The Morgan fingerprint density at radius 3 is 2.29 bits per heavy atom. The Hall–Kier alpha value is -3.02. The molecule has 1 N–H and O–H groups in total. The van der Waals surface area contributed by atoms with Crippen LogP contribution in [0.2, 0.25) is 0 Å². The van der Waals surface area contributed by atoms with Crippen LogP contribution in [-0.2, 0) is 4.79 Å². The van der Waals surface area contributed by atoms with E-state index >= 15 is 0 Å². The van der Waals surface area contributed by atoms with Crippen LogP contribution < -0.4 is 15.1 Å². The molecule has 2 fully saturated rings. The topological polar surface area (TPSA) is 55.9 Å². The molecule has 146 valence electrons. The molecule has 0 spiro atoms. The standard InChI is InChI=1S/C22H26N4O2/c1-17-7-9-20(10-8-17)26-16-18(15-21(26)27)23-22(28)25-13-11-24(12-14-25)19-5-3-2-4-6-19/h2-10,18H,11-16H2,1H3,(H,23,28). The molecule has 1 unspecified atom stereocenters. The molecule has 6 nitrogen and oxygen atoms in total. The summed E-state index contributed by atoms with van der Waals surface area (Å²) in [5.74, 6) is 0.0584. The number of anilines is 2. The van der Waals surface area contributed by atoms with Crippen LogP contribution in [0.15, 0.2) is 54.6 Å². The summed E-state index contributed by atoms with van der Waals surface area (Å²) in [4.78, 5) is 30.9. The summed E-state index contributed by atoms with van der Waals surface area (Å²) in [5, 5.41) is 3.05. The largest absolute Gasteiger partial charge is 0.368 e. The minimum atomic E-state index is -0.145. The smallest absolute Gasteiger partial charge is 0.317 e. The monoisotopic (exact) mass is 378 g/mol. The van der Waals surface area contributed by atoms with E-state index in [1.165, 1.54) is 5.69 Å². The van der Waals surface area contributed by atoms with Crippen molar-refractivity contribution in [3.63, 3.8) is 0 Å². The number of para-hydroxylation sites is 1. The molecule has 28 heavy (non-hydrogen) atoms. The van der Waals surface area contributed by atoms with Gasteiger partial charge in [0.25, 0.3) is 0 Å². The molecule has 2 heterocycles. The first-order valence-electron chi connectivity index (χ1n) is 9.82. The molecule has 2 saturated heterocycles. The molecule has 0 radical (unpaired) electrons. The second-order valence-electron chi connectivity index (χ2n) is 7.50. The number of benzene rings is 2. The molecule has 2 aromatic rings. The van der Waals surface area contributed by atoms with Gasteiger partial charge in [-0.25, -0.2) is 4.79 Å². The first kappa shape index (κ1) is 18.3. The summed E-state index contributed by atoms with van der Waals surface area (Å²) >= 11 is 0. The number of rotatable bonds is 3. The fourth-order valence-electron chi connectivity index (χ4n) is 3.85. The highest BCUT2D eigenvalue weighted by molar-refractivity contribution is 5.96. The zero-order valence-electron chi connectivity index (χ0n) is 16.2. The number of nitrogens with zero attached hydrogens (tertiary/aromatic N) is 3. The van der Waals surface area contributed by atoms with Crippen molar-refractivity contribution in [3.8, 4) is 0 Å². The van der Waals surface area contributed by atoms with E-state index in [0.29, 0.717) is 26.1 Å².